The quantitative estimate of drug-likeness (QED) is 0.171. The van der Waals surface area contributed by atoms with E-state index in [9.17, 15) is 19.8 Å². The molecular weight excluding hydrogens is 476 g/mol. The Morgan fingerprint density at radius 1 is 1.06 bits per heavy atom. The molecule has 0 radical (unpaired) electrons. The summed E-state index contributed by atoms with van der Waals surface area (Å²) in [5.74, 6) is 0.702. The van der Waals surface area contributed by atoms with Crippen molar-refractivity contribution < 1.29 is 24.5 Å². The van der Waals surface area contributed by atoms with Gasteiger partial charge in [0, 0.05) is 18.1 Å². The van der Waals surface area contributed by atoms with E-state index in [4.69, 9.17) is 4.74 Å². The van der Waals surface area contributed by atoms with Crippen molar-refractivity contribution in [3.63, 3.8) is 0 Å². The maximum atomic E-state index is 12.8. The molecule has 2 atom stereocenters. The van der Waals surface area contributed by atoms with Gasteiger partial charge in [0.1, 0.15) is 11.6 Å². The van der Waals surface area contributed by atoms with Gasteiger partial charge in [0.25, 0.3) is 0 Å². The Hall–Kier alpha value is -1.77. The van der Waals surface area contributed by atoms with Gasteiger partial charge in [-0.15, -0.1) is 0 Å². The predicted molar refractivity (Wildman–Crippen MR) is 149 cm³/mol. The molecule has 0 aliphatic carbocycles. The SMILES string of the molecule is CC(C)=CCC/C(C)=C/CC/C(C)=C/CSC[C@H](NC(=O)[C@@H]1CCCN1C(=O)OC(C)(C)C)C(O)O. The van der Waals surface area contributed by atoms with Gasteiger partial charge in [0.2, 0.25) is 5.91 Å². The summed E-state index contributed by atoms with van der Waals surface area (Å²) in [7, 11) is 0. The standard InChI is InChI=1S/C28H48N2O5S/c1-20(2)11-8-12-21(3)13-9-14-22(4)16-18-36-19-23(26(32)33)29-25(31)24-15-10-17-30(24)27(34)35-28(5,6)7/h11,13,16,23-24,26,32-33H,8-10,12,14-15,17-19H2,1-7H3,(H,29,31)/b21-13+,22-16+/t23-,24-/m0/s1. The van der Waals surface area contributed by atoms with Gasteiger partial charge in [-0.1, -0.05) is 34.9 Å². The summed E-state index contributed by atoms with van der Waals surface area (Å²) in [6.07, 6.45) is 9.94. The average Bonchev–Trinajstić information content (AvgIpc) is 3.24. The normalized spacial score (nSPS) is 17.8. The monoisotopic (exact) mass is 524 g/mol. The van der Waals surface area contributed by atoms with E-state index in [0.29, 0.717) is 25.1 Å². The molecule has 7 nitrogen and oxygen atoms in total. The molecule has 0 unspecified atom stereocenters. The fourth-order valence-corrected chi connectivity index (χ4v) is 4.84. The minimum atomic E-state index is -1.68. The number of nitrogens with one attached hydrogen (secondary N) is 1. The molecule has 3 N–H and O–H groups in total. The van der Waals surface area contributed by atoms with Crippen LogP contribution in [-0.4, -0.2) is 69.1 Å². The number of amides is 2. The van der Waals surface area contributed by atoms with Gasteiger partial charge in [-0.3, -0.25) is 9.69 Å². The van der Waals surface area contributed by atoms with E-state index in [-0.39, 0.29) is 5.91 Å². The first-order chi connectivity index (χ1) is 16.8. The smallest absolute Gasteiger partial charge is 0.410 e. The fourth-order valence-electron chi connectivity index (χ4n) is 3.79. The third-order valence-electron chi connectivity index (χ3n) is 5.84. The maximum Gasteiger partial charge on any atom is 0.410 e. The molecule has 1 saturated heterocycles. The Balaban J connectivity index is 2.48. The molecule has 1 heterocycles. The van der Waals surface area contributed by atoms with Crippen LogP contribution in [0.3, 0.4) is 0 Å². The minimum Gasteiger partial charge on any atom is -0.444 e. The van der Waals surface area contributed by atoms with Gasteiger partial charge < -0.3 is 20.3 Å². The number of aliphatic hydroxyl groups is 2. The first-order valence-corrected chi connectivity index (χ1v) is 14.1. The predicted octanol–water partition coefficient (Wildman–Crippen LogP) is 5.33. The van der Waals surface area contributed by atoms with Crippen molar-refractivity contribution in [3.05, 3.63) is 34.9 Å². The Kier molecular flexibility index (Phi) is 14.5. The van der Waals surface area contributed by atoms with E-state index in [1.165, 1.54) is 33.4 Å². The van der Waals surface area contributed by atoms with Crippen LogP contribution >= 0.6 is 11.8 Å². The van der Waals surface area contributed by atoms with E-state index in [1.54, 1.807) is 20.8 Å². The van der Waals surface area contributed by atoms with Crippen LogP contribution in [0.1, 0.15) is 87.0 Å². The van der Waals surface area contributed by atoms with Crippen LogP contribution in [0.25, 0.3) is 0 Å². The van der Waals surface area contributed by atoms with Crippen LogP contribution < -0.4 is 5.32 Å². The van der Waals surface area contributed by atoms with Gasteiger partial charge in [-0.25, -0.2) is 4.79 Å². The lowest BCUT2D eigenvalue weighted by molar-refractivity contribution is -0.130. The number of likely N-dealkylation sites (tertiary alicyclic amines) is 1. The fraction of sp³-hybridized carbons (Fsp3) is 0.714. The van der Waals surface area contributed by atoms with E-state index in [0.717, 1.165) is 31.4 Å². The van der Waals surface area contributed by atoms with Crippen molar-refractivity contribution in [1.82, 2.24) is 10.2 Å². The topological polar surface area (TPSA) is 99.1 Å². The van der Waals surface area contributed by atoms with Crippen LogP contribution in [0.5, 0.6) is 0 Å². The molecule has 1 rings (SSSR count). The number of ether oxygens (including phenoxy) is 1. The minimum absolute atomic E-state index is 0.357. The maximum absolute atomic E-state index is 12.8. The first kappa shape index (κ1) is 32.3. The zero-order valence-corrected chi connectivity index (χ0v) is 24.1. The Morgan fingerprint density at radius 2 is 1.67 bits per heavy atom. The molecule has 0 aromatic carbocycles. The highest BCUT2D eigenvalue weighted by Gasteiger charge is 2.37. The van der Waals surface area contributed by atoms with Gasteiger partial charge in [0.15, 0.2) is 6.29 Å². The number of nitrogens with zero attached hydrogens (tertiary/aromatic N) is 1. The molecule has 0 bridgehead atoms. The molecule has 1 aliphatic heterocycles. The summed E-state index contributed by atoms with van der Waals surface area (Å²) in [5.41, 5.74) is 3.42. The largest absolute Gasteiger partial charge is 0.444 e. The highest BCUT2D eigenvalue weighted by molar-refractivity contribution is 7.99. The van der Waals surface area contributed by atoms with Crippen LogP contribution in [-0.2, 0) is 9.53 Å². The van der Waals surface area contributed by atoms with Crippen molar-refractivity contribution >= 4 is 23.8 Å². The number of thioether (sulfide) groups is 1. The van der Waals surface area contributed by atoms with Crippen molar-refractivity contribution in [2.24, 2.45) is 0 Å². The summed E-state index contributed by atoms with van der Waals surface area (Å²) >= 11 is 1.53. The number of allylic oxidation sites excluding steroid dienone is 5. The van der Waals surface area contributed by atoms with E-state index >= 15 is 0 Å². The third kappa shape index (κ3) is 13.5. The average molecular weight is 525 g/mol. The molecule has 0 spiro atoms. The van der Waals surface area contributed by atoms with Gasteiger partial charge >= 0.3 is 6.09 Å². The summed E-state index contributed by atoms with van der Waals surface area (Å²) in [5, 5.41) is 22.3. The Bertz CT molecular complexity index is 794. The second-order valence-electron chi connectivity index (χ2n) is 10.9. The van der Waals surface area contributed by atoms with Crippen LogP contribution in [0, 0.1) is 0 Å². The number of hydrogen-bond acceptors (Lipinski definition) is 6. The van der Waals surface area contributed by atoms with Crippen molar-refractivity contribution in [3.8, 4) is 0 Å². The van der Waals surface area contributed by atoms with Crippen molar-refractivity contribution in [2.75, 3.05) is 18.1 Å². The van der Waals surface area contributed by atoms with Gasteiger partial charge in [-0.05, 0) is 87.0 Å². The number of aliphatic hydroxyl groups excluding tert-OH is 1. The number of carbonyl (C=O) groups excluding carboxylic acids is 2. The summed E-state index contributed by atoms with van der Waals surface area (Å²) in [6, 6.07) is -1.48. The zero-order valence-electron chi connectivity index (χ0n) is 23.3. The molecular formula is C28H48N2O5S. The molecule has 0 aromatic rings. The first-order valence-electron chi connectivity index (χ1n) is 13.0. The lowest BCUT2D eigenvalue weighted by Gasteiger charge is -2.29. The molecule has 36 heavy (non-hydrogen) atoms. The van der Waals surface area contributed by atoms with Crippen LogP contribution in [0.15, 0.2) is 34.9 Å². The van der Waals surface area contributed by atoms with Gasteiger partial charge in [-0.2, -0.15) is 11.8 Å². The van der Waals surface area contributed by atoms with E-state index < -0.39 is 30.1 Å². The highest BCUT2D eigenvalue weighted by Crippen LogP contribution is 2.21. The molecule has 8 heteroatoms. The number of hydrogen-bond donors (Lipinski definition) is 3. The van der Waals surface area contributed by atoms with Crippen molar-refractivity contribution in [2.45, 2.75) is 111 Å². The van der Waals surface area contributed by atoms with Crippen LogP contribution in [0.2, 0.25) is 0 Å². The molecule has 1 aliphatic rings. The second kappa shape index (κ2) is 16.2. The lowest BCUT2D eigenvalue weighted by Crippen LogP contribution is -2.53. The van der Waals surface area contributed by atoms with Crippen LogP contribution in [0.4, 0.5) is 4.79 Å². The van der Waals surface area contributed by atoms with Crippen molar-refractivity contribution in [1.29, 1.82) is 0 Å². The molecule has 0 aromatic heterocycles. The van der Waals surface area contributed by atoms with E-state index in [2.05, 4.69) is 51.2 Å². The van der Waals surface area contributed by atoms with E-state index in [1.807, 2.05) is 0 Å². The Labute approximate surface area is 222 Å². The number of rotatable bonds is 13. The third-order valence-corrected chi connectivity index (χ3v) is 6.84. The molecule has 2 amide bonds. The Morgan fingerprint density at radius 3 is 2.25 bits per heavy atom. The molecule has 1 fully saturated rings. The molecule has 206 valence electrons. The zero-order chi connectivity index (χ0) is 27.3. The van der Waals surface area contributed by atoms with Gasteiger partial charge in [0.05, 0.1) is 6.04 Å². The highest BCUT2D eigenvalue weighted by atomic mass is 32.2. The molecule has 0 saturated carbocycles. The second-order valence-corrected chi connectivity index (χ2v) is 11.9. The summed E-state index contributed by atoms with van der Waals surface area (Å²) < 4.78 is 5.41. The summed E-state index contributed by atoms with van der Waals surface area (Å²) in [6.45, 7) is 14.3. The number of carbonyl (C=O) groups is 2. The summed E-state index contributed by atoms with van der Waals surface area (Å²) in [4.78, 5) is 26.7. The lowest BCUT2D eigenvalue weighted by atomic mass is 10.1.